The highest BCUT2D eigenvalue weighted by Crippen LogP contribution is 2.30. The van der Waals surface area contributed by atoms with E-state index >= 15 is 0 Å². The van der Waals surface area contributed by atoms with E-state index in [4.69, 9.17) is 16.7 Å². The quantitative estimate of drug-likeness (QED) is 0.838. The summed E-state index contributed by atoms with van der Waals surface area (Å²) in [7, 11) is 0. The van der Waals surface area contributed by atoms with Crippen molar-refractivity contribution in [3.05, 3.63) is 37.7 Å². The Kier molecular flexibility index (Phi) is 4.93. The molecule has 0 saturated carbocycles. The highest BCUT2D eigenvalue weighted by molar-refractivity contribution is 8.00. The van der Waals surface area contributed by atoms with Crippen molar-refractivity contribution in [1.29, 1.82) is 0 Å². The third-order valence-corrected chi connectivity index (χ3v) is 5.73. The largest absolute Gasteiger partial charge is 0.481 e. The molecule has 1 N–H and O–H groups in total. The first-order valence-corrected chi connectivity index (χ1v) is 9.22. The van der Waals surface area contributed by atoms with Crippen molar-refractivity contribution in [3.8, 4) is 0 Å². The van der Waals surface area contributed by atoms with E-state index in [-0.39, 0.29) is 10.6 Å². The van der Waals surface area contributed by atoms with E-state index in [2.05, 4.69) is 4.99 Å². The molecule has 0 amide bonds. The van der Waals surface area contributed by atoms with Gasteiger partial charge in [-0.15, -0.1) is 11.8 Å². The average molecular weight is 372 g/mol. The molecule has 3 rings (SSSR count). The number of carboxylic acid groups (broad SMARTS) is 1. The summed E-state index contributed by atoms with van der Waals surface area (Å²) >= 11 is 8.37. The van der Waals surface area contributed by atoms with Gasteiger partial charge in [-0.2, -0.15) is 0 Å². The molecule has 2 aromatic rings. The van der Waals surface area contributed by atoms with Gasteiger partial charge in [-0.3, -0.25) is 14.3 Å². The van der Waals surface area contributed by atoms with Gasteiger partial charge in [0.1, 0.15) is 0 Å². The molecule has 1 aliphatic rings. The zero-order valence-electron chi connectivity index (χ0n) is 12.1. The Morgan fingerprint density at radius 2 is 2.09 bits per heavy atom. The molecule has 0 aliphatic carbocycles. The first-order valence-electron chi connectivity index (χ1n) is 7.04. The predicted octanol–water partition coefficient (Wildman–Crippen LogP) is 2.57. The average Bonchev–Trinajstić information content (AvgIpc) is 2.84. The van der Waals surface area contributed by atoms with E-state index in [9.17, 15) is 9.59 Å². The number of aromatic nitrogens is 2. The second-order valence-electron chi connectivity index (χ2n) is 5.01. The van der Waals surface area contributed by atoms with E-state index < -0.39 is 5.97 Å². The summed E-state index contributed by atoms with van der Waals surface area (Å²) in [5.41, 5.74) is 0.657. The van der Waals surface area contributed by atoms with Crippen molar-refractivity contribution in [1.82, 2.24) is 9.36 Å². The number of halogens is 1. The Morgan fingerprint density at radius 3 is 2.83 bits per heavy atom. The lowest BCUT2D eigenvalue weighted by Crippen LogP contribution is -2.31. The third-order valence-electron chi connectivity index (χ3n) is 3.38. The summed E-state index contributed by atoms with van der Waals surface area (Å²) in [6.45, 7) is 1.51. The lowest BCUT2D eigenvalue weighted by molar-refractivity contribution is -0.133. The van der Waals surface area contributed by atoms with Crippen molar-refractivity contribution in [2.75, 3.05) is 5.75 Å². The van der Waals surface area contributed by atoms with Crippen LogP contribution in [-0.2, 0) is 17.9 Å². The van der Waals surface area contributed by atoms with E-state index in [0.717, 1.165) is 49.0 Å². The molecular weight excluding hydrogens is 358 g/mol. The first-order chi connectivity index (χ1) is 11.0. The molecule has 0 bridgehead atoms. The van der Waals surface area contributed by atoms with Gasteiger partial charge < -0.3 is 5.11 Å². The van der Waals surface area contributed by atoms with E-state index in [1.807, 2.05) is 4.68 Å². The summed E-state index contributed by atoms with van der Waals surface area (Å²) in [4.78, 5) is 28.5. The van der Waals surface area contributed by atoms with Gasteiger partial charge in [-0.25, -0.2) is 9.67 Å². The summed E-state index contributed by atoms with van der Waals surface area (Å²) in [5.74, 6) is -0.962. The number of thioether (sulfide) groups is 1. The predicted molar refractivity (Wildman–Crippen MR) is 90.8 cm³/mol. The fourth-order valence-corrected chi connectivity index (χ4v) is 4.21. The van der Waals surface area contributed by atoms with Crippen LogP contribution in [0.5, 0.6) is 0 Å². The molecular formula is C14H14ClN3O3S2. The monoisotopic (exact) mass is 371 g/mol. The molecule has 1 aliphatic heterocycles. The molecule has 1 aromatic heterocycles. The van der Waals surface area contributed by atoms with Crippen LogP contribution in [0.1, 0.15) is 12.8 Å². The molecule has 2 heterocycles. The summed E-state index contributed by atoms with van der Waals surface area (Å²) in [6.07, 6.45) is 2.04. The van der Waals surface area contributed by atoms with Crippen LogP contribution in [0.15, 0.2) is 32.9 Å². The lowest BCUT2D eigenvalue weighted by Gasteiger charge is -2.15. The summed E-state index contributed by atoms with van der Waals surface area (Å²) in [5, 5.41) is 9.27. The van der Waals surface area contributed by atoms with Crippen molar-refractivity contribution < 1.29 is 9.90 Å². The van der Waals surface area contributed by atoms with Crippen LogP contribution in [0.4, 0.5) is 5.69 Å². The van der Waals surface area contributed by atoms with Crippen LogP contribution >= 0.6 is 34.7 Å². The standard InChI is InChI=1S/C14H14ClN3O3S2/c15-10-4-3-9(7-11(10)22-8-12(19)20)16-13-17-5-1-2-6-18(17)14(21)23-13/h3-4,7H,1-2,5-6,8H2,(H,19,20). The van der Waals surface area contributed by atoms with E-state index in [1.165, 1.54) is 0 Å². The maximum Gasteiger partial charge on any atom is 0.325 e. The highest BCUT2D eigenvalue weighted by Gasteiger charge is 2.13. The zero-order valence-corrected chi connectivity index (χ0v) is 14.5. The first kappa shape index (κ1) is 16.4. The van der Waals surface area contributed by atoms with Gasteiger partial charge in [0.2, 0.25) is 4.80 Å². The lowest BCUT2D eigenvalue weighted by atomic mass is 10.3. The van der Waals surface area contributed by atoms with Crippen LogP contribution < -0.4 is 9.67 Å². The van der Waals surface area contributed by atoms with Gasteiger partial charge in [0.05, 0.1) is 16.5 Å². The van der Waals surface area contributed by atoms with Crippen LogP contribution in [0.2, 0.25) is 5.02 Å². The number of rotatable bonds is 4. The number of nitrogens with zero attached hydrogens (tertiary/aromatic N) is 3. The molecule has 0 unspecified atom stereocenters. The van der Waals surface area contributed by atoms with Gasteiger partial charge in [0.15, 0.2) is 0 Å². The number of fused-ring (bicyclic) bond motifs is 1. The minimum absolute atomic E-state index is 0.00195. The fraction of sp³-hybridized carbons (Fsp3) is 0.357. The molecule has 0 radical (unpaired) electrons. The van der Waals surface area contributed by atoms with Crippen molar-refractivity contribution >= 4 is 46.4 Å². The molecule has 9 heteroatoms. The van der Waals surface area contributed by atoms with Gasteiger partial charge in [0.25, 0.3) is 0 Å². The Morgan fingerprint density at radius 1 is 1.35 bits per heavy atom. The fourth-order valence-electron chi connectivity index (χ4n) is 2.34. The maximum atomic E-state index is 12.0. The number of aliphatic carboxylic acids is 1. The number of hydrogen-bond donors (Lipinski definition) is 1. The smallest absolute Gasteiger partial charge is 0.325 e. The molecule has 6 nitrogen and oxygen atoms in total. The molecule has 1 aromatic carbocycles. The Labute approximate surface area is 145 Å². The van der Waals surface area contributed by atoms with Crippen LogP contribution in [0.3, 0.4) is 0 Å². The van der Waals surface area contributed by atoms with Gasteiger partial charge in [-0.1, -0.05) is 11.6 Å². The number of carbonyl (C=O) groups is 1. The second-order valence-corrected chi connectivity index (χ2v) is 7.36. The zero-order chi connectivity index (χ0) is 16.4. The van der Waals surface area contributed by atoms with Crippen LogP contribution in [0, 0.1) is 0 Å². The van der Waals surface area contributed by atoms with Gasteiger partial charge in [0, 0.05) is 18.0 Å². The third kappa shape index (κ3) is 3.70. The molecule has 122 valence electrons. The van der Waals surface area contributed by atoms with Crippen molar-refractivity contribution in [3.63, 3.8) is 0 Å². The highest BCUT2D eigenvalue weighted by atomic mass is 35.5. The molecule has 23 heavy (non-hydrogen) atoms. The Bertz CT molecular complexity index is 869. The Balaban J connectivity index is 1.98. The number of hydrogen-bond acceptors (Lipinski definition) is 5. The van der Waals surface area contributed by atoms with Crippen LogP contribution in [0.25, 0.3) is 0 Å². The minimum atomic E-state index is -0.899. The van der Waals surface area contributed by atoms with Crippen molar-refractivity contribution in [2.24, 2.45) is 4.99 Å². The topological polar surface area (TPSA) is 76.6 Å². The number of carboxylic acids is 1. The summed E-state index contributed by atoms with van der Waals surface area (Å²) in [6, 6.07) is 5.21. The normalized spacial score (nSPS) is 14.7. The molecule has 0 saturated heterocycles. The van der Waals surface area contributed by atoms with Gasteiger partial charge in [-0.05, 0) is 42.4 Å². The maximum absolute atomic E-state index is 12.0. The molecule has 0 spiro atoms. The minimum Gasteiger partial charge on any atom is -0.481 e. The van der Waals surface area contributed by atoms with E-state index in [0.29, 0.717) is 20.4 Å². The Hall–Kier alpha value is -1.51. The summed E-state index contributed by atoms with van der Waals surface area (Å²) < 4.78 is 3.64. The molecule has 0 fully saturated rings. The van der Waals surface area contributed by atoms with Crippen molar-refractivity contribution in [2.45, 2.75) is 30.8 Å². The second kappa shape index (κ2) is 6.94. The van der Waals surface area contributed by atoms with Crippen LogP contribution in [-0.4, -0.2) is 26.2 Å². The molecule has 0 atom stereocenters. The van der Waals surface area contributed by atoms with E-state index in [1.54, 1.807) is 22.9 Å². The SMILES string of the molecule is O=C(O)CSc1cc(N=c2sc(=O)n3n2CCCC3)ccc1Cl. The number of benzene rings is 1. The van der Waals surface area contributed by atoms with Gasteiger partial charge >= 0.3 is 10.8 Å².